The summed E-state index contributed by atoms with van der Waals surface area (Å²) in [5, 5.41) is 10.0. The molecule has 1 aromatic rings. The predicted octanol–water partition coefficient (Wildman–Crippen LogP) is -1.29. The normalized spacial score (nSPS) is 11.1. The average Bonchev–Trinajstić information content (AvgIpc) is 2.16. The standard InChI is InChI=1S/C8H9NO4S/c10-8(11)6-9-14(12,13)7-4-2-1-3-5-7/h1-5,9H,6H2,(H,10,11)/p-1. The van der Waals surface area contributed by atoms with Gasteiger partial charge in [-0.1, -0.05) is 18.2 Å². The summed E-state index contributed by atoms with van der Waals surface area (Å²) in [6, 6.07) is 7.51. The molecule has 0 radical (unpaired) electrons. The summed E-state index contributed by atoms with van der Waals surface area (Å²) >= 11 is 0. The lowest BCUT2D eigenvalue weighted by atomic mass is 10.4. The molecule has 0 amide bonds. The van der Waals surface area contributed by atoms with Crippen LogP contribution in [-0.2, 0) is 14.8 Å². The van der Waals surface area contributed by atoms with Crippen molar-refractivity contribution < 1.29 is 18.3 Å². The first-order valence-corrected chi connectivity index (χ1v) is 5.25. The van der Waals surface area contributed by atoms with Crippen LogP contribution in [0.2, 0.25) is 0 Å². The number of rotatable bonds is 4. The highest BCUT2D eigenvalue weighted by molar-refractivity contribution is 7.89. The molecule has 0 heterocycles. The molecule has 1 N–H and O–H groups in total. The van der Waals surface area contributed by atoms with E-state index in [0.29, 0.717) is 0 Å². The molecule has 6 heteroatoms. The van der Waals surface area contributed by atoms with Gasteiger partial charge in [0.15, 0.2) is 0 Å². The Labute approximate surface area is 81.4 Å². The fourth-order valence-electron chi connectivity index (χ4n) is 0.837. The number of sulfonamides is 1. The Balaban J connectivity index is 2.82. The van der Waals surface area contributed by atoms with E-state index in [0.717, 1.165) is 0 Å². The molecule has 0 unspecified atom stereocenters. The number of hydrogen-bond donors (Lipinski definition) is 1. The lowest BCUT2D eigenvalue weighted by Gasteiger charge is -2.06. The number of hydrogen-bond acceptors (Lipinski definition) is 4. The summed E-state index contributed by atoms with van der Waals surface area (Å²) in [6.07, 6.45) is 0. The molecule has 0 spiro atoms. The van der Waals surface area contributed by atoms with E-state index in [1.54, 1.807) is 18.2 Å². The van der Waals surface area contributed by atoms with Crippen LogP contribution in [0.4, 0.5) is 0 Å². The van der Waals surface area contributed by atoms with Gasteiger partial charge in [0, 0.05) is 0 Å². The molecular weight excluding hydrogens is 206 g/mol. The number of nitrogens with one attached hydrogen (secondary N) is 1. The fraction of sp³-hybridized carbons (Fsp3) is 0.125. The van der Waals surface area contributed by atoms with Crippen molar-refractivity contribution in [1.29, 1.82) is 0 Å². The summed E-state index contributed by atoms with van der Waals surface area (Å²) in [7, 11) is -3.73. The Bertz CT molecular complexity index is 412. The molecule has 0 aliphatic heterocycles. The van der Waals surface area contributed by atoms with E-state index in [2.05, 4.69) is 0 Å². The molecule has 14 heavy (non-hydrogen) atoms. The van der Waals surface area contributed by atoms with Crippen molar-refractivity contribution in [3.05, 3.63) is 30.3 Å². The van der Waals surface area contributed by atoms with E-state index in [-0.39, 0.29) is 4.90 Å². The Morgan fingerprint density at radius 1 is 1.29 bits per heavy atom. The quantitative estimate of drug-likeness (QED) is 0.676. The molecule has 0 aromatic heterocycles. The molecule has 1 aromatic carbocycles. The van der Waals surface area contributed by atoms with Gasteiger partial charge >= 0.3 is 0 Å². The zero-order chi connectivity index (χ0) is 10.6. The van der Waals surface area contributed by atoms with E-state index >= 15 is 0 Å². The van der Waals surface area contributed by atoms with Crippen molar-refractivity contribution in [2.24, 2.45) is 0 Å². The van der Waals surface area contributed by atoms with Crippen molar-refractivity contribution in [1.82, 2.24) is 4.72 Å². The van der Waals surface area contributed by atoms with E-state index in [1.165, 1.54) is 12.1 Å². The van der Waals surface area contributed by atoms with E-state index in [4.69, 9.17) is 0 Å². The van der Waals surface area contributed by atoms with Gasteiger partial charge < -0.3 is 9.90 Å². The van der Waals surface area contributed by atoms with Crippen LogP contribution in [0.1, 0.15) is 0 Å². The molecule has 0 saturated heterocycles. The van der Waals surface area contributed by atoms with Gasteiger partial charge in [0.2, 0.25) is 10.0 Å². The first-order valence-electron chi connectivity index (χ1n) is 3.77. The zero-order valence-corrected chi connectivity index (χ0v) is 7.95. The van der Waals surface area contributed by atoms with Crippen LogP contribution in [0.15, 0.2) is 35.2 Å². The van der Waals surface area contributed by atoms with Crippen molar-refractivity contribution in [3.8, 4) is 0 Å². The second-order valence-corrected chi connectivity index (χ2v) is 4.28. The van der Waals surface area contributed by atoms with E-state index in [9.17, 15) is 18.3 Å². The molecule has 0 fully saturated rings. The Kier molecular flexibility index (Phi) is 3.21. The minimum Gasteiger partial charge on any atom is -0.549 e. The number of carbonyl (C=O) groups is 1. The highest BCUT2D eigenvalue weighted by Gasteiger charge is 2.11. The van der Waals surface area contributed by atoms with Crippen molar-refractivity contribution >= 4 is 16.0 Å². The third-order valence-electron chi connectivity index (χ3n) is 1.46. The lowest BCUT2D eigenvalue weighted by Crippen LogP contribution is -2.37. The third-order valence-corrected chi connectivity index (χ3v) is 2.88. The van der Waals surface area contributed by atoms with E-state index < -0.39 is 22.5 Å². The maximum absolute atomic E-state index is 11.3. The Morgan fingerprint density at radius 2 is 1.86 bits per heavy atom. The number of carbonyl (C=O) groups excluding carboxylic acids is 1. The molecule has 0 atom stereocenters. The van der Waals surface area contributed by atoms with Gasteiger partial charge in [-0.2, -0.15) is 0 Å². The average molecular weight is 214 g/mol. The summed E-state index contributed by atoms with van der Waals surface area (Å²) in [4.78, 5) is 10.1. The maximum Gasteiger partial charge on any atom is 0.240 e. The maximum atomic E-state index is 11.3. The highest BCUT2D eigenvalue weighted by Crippen LogP contribution is 2.05. The van der Waals surface area contributed by atoms with Crippen LogP contribution >= 0.6 is 0 Å². The van der Waals surface area contributed by atoms with Crippen LogP contribution in [0.25, 0.3) is 0 Å². The van der Waals surface area contributed by atoms with Crippen LogP contribution in [-0.4, -0.2) is 20.9 Å². The van der Waals surface area contributed by atoms with Gasteiger partial charge in [-0.25, -0.2) is 13.1 Å². The first kappa shape index (κ1) is 10.7. The Morgan fingerprint density at radius 3 is 2.36 bits per heavy atom. The SMILES string of the molecule is O=C([O-])CNS(=O)(=O)c1ccccc1. The molecule has 5 nitrogen and oxygen atoms in total. The van der Waals surface area contributed by atoms with Gasteiger partial charge in [0.05, 0.1) is 17.4 Å². The second-order valence-electron chi connectivity index (χ2n) is 2.51. The molecule has 1 rings (SSSR count). The monoisotopic (exact) mass is 214 g/mol. The summed E-state index contributed by atoms with van der Waals surface area (Å²) in [5.74, 6) is -1.47. The minimum atomic E-state index is -3.73. The largest absolute Gasteiger partial charge is 0.549 e. The topological polar surface area (TPSA) is 86.3 Å². The van der Waals surface area contributed by atoms with Crippen molar-refractivity contribution in [3.63, 3.8) is 0 Å². The third kappa shape index (κ3) is 2.82. The highest BCUT2D eigenvalue weighted by atomic mass is 32.2. The predicted molar refractivity (Wildman–Crippen MR) is 46.6 cm³/mol. The van der Waals surface area contributed by atoms with Gasteiger partial charge in [-0.3, -0.25) is 0 Å². The van der Waals surface area contributed by atoms with E-state index in [1.807, 2.05) is 4.72 Å². The van der Waals surface area contributed by atoms with Gasteiger partial charge in [0.1, 0.15) is 0 Å². The number of carboxylic acids is 1. The second kappa shape index (κ2) is 4.21. The number of benzene rings is 1. The summed E-state index contributed by atoms with van der Waals surface area (Å²) in [5.41, 5.74) is 0. The van der Waals surface area contributed by atoms with Crippen LogP contribution in [0.3, 0.4) is 0 Å². The molecule has 76 valence electrons. The van der Waals surface area contributed by atoms with Gasteiger partial charge in [-0.05, 0) is 12.1 Å². The summed E-state index contributed by atoms with van der Waals surface area (Å²) in [6.45, 7) is -0.725. The fourth-order valence-corrected chi connectivity index (χ4v) is 1.83. The van der Waals surface area contributed by atoms with Crippen molar-refractivity contribution in [2.45, 2.75) is 4.90 Å². The zero-order valence-electron chi connectivity index (χ0n) is 7.14. The van der Waals surface area contributed by atoms with Gasteiger partial charge in [-0.15, -0.1) is 0 Å². The first-order chi connectivity index (χ1) is 6.52. The molecule has 0 saturated carbocycles. The molecule has 0 bridgehead atoms. The minimum absolute atomic E-state index is 0.0289. The van der Waals surface area contributed by atoms with Crippen LogP contribution < -0.4 is 9.83 Å². The lowest BCUT2D eigenvalue weighted by molar-refractivity contribution is -0.303. The molecule has 0 aliphatic carbocycles. The van der Waals surface area contributed by atoms with Crippen LogP contribution in [0.5, 0.6) is 0 Å². The summed E-state index contributed by atoms with van der Waals surface area (Å²) < 4.78 is 24.6. The molecule has 0 aliphatic rings. The van der Waals surface area contributed by atoms with Gasteiger partial charge in [0.25, 0.3) is 0 Å². The smallest absolute Gasteiger partial charge is 0.240 e. The number of carboxylic acid groups (broad SMARTS) is 1. The van der Waals surface area contributed by atoms with Crippen LogP contribution in [0, 0.1) is 0 Å². The number of aliphatic carboxylic acids is 1. The van der Waals surface area contributed by atoms with Crippen molar-refractivity contribution in [2.75, 3.05) is 6.54 Å². The molecular formula is C8H8NO4S-. The Hall–Kier alpha value is -1.40.